The topological polar surface area (TPSA) is 16.1 Å². The maximum Gasteiger partial charge on any atom is 0.129 e. The number of pyridine rings is 1. The van der Waals surface area contributed by atoms with Crippen molar-refractivity contribution in [2.75, 3.05) is 11.4 Å². The minimum Gasteiger partial charge on any atom is -0.353 e. The summed E-state index contributed by atoms with van der Waals surface area (Å²) in [4.78, 5) is 6.94. The van der Waals surface area contributed by atoms with E-state index in [1.165, 1.54) is 11.1 Å². The molecule has 0 amide bonds. The van der Waals surface area contributed by atoms with Gasteiger partial charge >= 0.3 is 0 Å². The predicted octanol–water partition coefficient (Wildman–Crippen LogP) is 4.49. The Morgan fingerprint density at radius 1 is 1.11 bits per heavy atom. The maximum absolute atomic E-state index is 4.65. The molecule has 0 bridgehead atoms. The highest BCUT2D eigenvalue weighted by molar-refractivity contribution is 9.10. The van der Waals surface area contributed by atoms with E-state index in [1.54, 1.807) is 0 Å². The highest BCUT2D eigenvalue weighted by atomic mass is 79.9. The molecule has 0 aliphatic heterocycles. The van der Waals surface area contributed by atoms with Gasteiger partial charge < -0.3 is 4.90 Å². The third kappa shape index (κ3) is 3.35. The average Bonchev–Trinajstić information content (AvgIpc) is 2.41. The van der Waals surface area contributed by atoms with Crippen LogP contribution in [0.5, 0.6) is 0 Å². The van der Waals surface area contributed by atoms with Crippen molar-refractivity contribution in [2.24, 2.45) is 0 Å². The van der Waals surface area contributed by atoms with Gasteiger partial charge in [-0.25, -0.2) is 4.98 Å². The molecule has 2 nitrogen and oxygen atoms in total. The molecule has 0 aliphatic carbocycles. The van der Waals surface area contributed by atoms with Gasteiger partial charge in [-0.3, -0.25) is 0 Å². The Morgan fingerprint density at radius 2 is 1.84 bits per heavy atom. The van der Waals surface area contributed by atoms with Crippen LogP contribution in [0.25, 0.3) is 0 Å². The van der Waals surface area contributed by atoms with Gasteiger partial charge in [0.05, 0.1) is 5.69 Å². The van der Waals surface area contributed by atoms with Crippen LogP contribution in [0.4, 0.5) is 5.82 Å². The summed E-state index contributed by atoms with van der Waals surface area (Å²) in [5, 5.41) is 0. The Balaban J connectivity index is 2.25. The third-order valence-electron chi connectivity index (χ3n) is 3.33. The van der Waals surface area contributed by atoms with Crippen LogP contribution in [-0.2, 0) is 6.54 Å². The molecule has 1 aromatic carbocycles. The number of aromatic nitrogens is 1. The largest absolute Gasteiger partial charge is 0.353 e. The van der Waals surface area contributed by atoms with E-state index in [2.05, 4.69) is 76.1 Å². The number of aryl methyl sites for hydroxylation is 2. The molecule has 0 N–H and O–H groups in total. The molecule has 3 heteroatoms. The zero-order chi connectivity index (χ0) is 13.8. The van der Waals surface area contributed by atoms with E-state index in [1.807, 2.05) is 6.92 Å². The third-order valence-corrected chi connectivity index (χ3v) is 4.17. The van der Waals surface area contributed by atoms with E-state index >= 15 is 0 Å². The van der Waals surface area contributed by atoms with Crippen LogP contribution in [0, 0.1) is 13.8 Å². The molecule has 1 heterocycles. The van der Waals surface area contributed by atoms with Crippen LogP contribution in [0.1, 0.15) is 23.7 Å². The molecule has 0 saturated carbocycles. The molecule has 100 valence electrons. The van der Waals surface area contributed by atoms with E-state index in [0.29, 0.717) is 0 Å². The first-order valence-electron chi connectivity index (χ1n) is 6.54. The van der Waals surface area contributed by atoms with Crippen LogP contribution in [0.2, 0.25) is 0 Å². The zero-order valence-electron chi connectivity index (χ0n) is 11.7. The number of hydrogen-bond donors (Lipinski definition) is 0. The normalized spacial score (nSPS) is 10.5. The van der Waals surface area contributed by atoms with Gasteiger partial charge in [0.1, 0.15) is 5.82 Å². The number of nitrogens with zero attached hydrogens (tertiary/aromatic N) is 2. The highest BCUT2D eigenvalue weighted by Gasteiger charge is 2.09. The summed E-state index contributed by atoms with van der Waals surface area (Å²) in [6.45, 7) is 8.19. The first-order valence-corrected chi connectivity index (χ1v) is 7.33. The van der Waals surface area contributed by atoms with Crippen molar-refractivity contribution < 1.29 is 0 Å². The highest BCUT2D eigenvalue weighted by Crippen LogP contribution is 2.21. The van der Waals surface area contributed by atoms with Crippen molar-refractivity contribution >= 4 is 21.7 Å². The Bertz CT molecular complexity index is 566. The number of anilines is 1. The van der Waals surface area contributed by atoms with Gasteiger partial charge in [0, 0.05) is 17.6 Å². The molecule has 0 atom stereocenters. The summed E-state index contributed by atoms with van der Waals surface area (Å²) in [6, 6.07) is 12.7. The summed E-state index contributed by atoms with van der Waals surface area (Å²) >= 11 is 3.50. The van der Waals surface area contributed by atoms with Gasteiger partial charge in [0.2, 0.25) is 0 Å². The van der Waals surface area contributed by atoms with Gasteiger partial charge in [-0.15, -0.1) is 0 Å². The second-order valence-electron chi connectivity index (χ2n) is 4.68. The van der Waals surface area contributed by atoms with Crippen molar-refractivity contribution in [1.82, 2.24) is 4.98 Å². The monoisotopic (exact) mass is 318 g/mol. The number of benzene rings is 1. The molecule has 0 spiro atoms. The van der Waals surface area contributed by atoms with Crippen LogP contribution < -0.4 is 4.90 Å². The van der Waals surface area contributed by atoms with E-state index in [4.69, 9.17) is 0 Å². The molecule has 1 aromatic heterocycles. The molecular formula is C16H19BrN2. The summed E-state index contributed by atoms with van der Waals surface area (Å²) in [5.41, 5.74) is 3.71. The summed E-state index contributed by atoms with van der Waals surface area (Å²) in [5.74, 6) is 1.03. The van der Waals surface area contributed by atoms with E-state index in [-0.39, 0.29) is 0 Å². The average molecular weight is 319 g/mol. The molecule has 0 unspecified atom stereocenters. The molecule has 19 heavy (non-hydrogen) atoms. The lowest BCUT2D eigenvalue weighted by Crippen LogP contribution is -2.23. The Morgan fingerprint density at radius 3 is 2.47 bits per heavy atom. The lowest BCUT2D eigenvalue weighted by atomic mass is 10.1. The molecule has 0 radical (unpaired) electrons. The molecule has 0 saturated heterocycles. The number of halogens is 1. The number of rotatable bonds is 4. The Hall–Kier alpha value is -1.35. The smallest absolute Gasteiger partial charge is 0.129 e. The van der Waals surface area contributed by atoms with E-state index < -0.39 is 0 Å². The van der Waals surface area contributed by atoms with Gasteiger partial charge in [-0.2, -0.15) is 0 Å². The molecule has 2 aromatic rings. The van der Waals surface area contributed by atoms with Gasteiger partial charge in [-0.05, 0) is 60.0 Å². The van der Waals surface area contributed by atoms with Crippen molar-refractivity contribution in [1.29, 1.82) is 0 Å². The number of hydrogen-bond acceptors (Lipinski definition) is 2. The Labute approximate surface area is 123 Å². The predicted molar refractivity (Wildman–Crippen MR) is 84.6 cm³/mol. The van der Waals surface area contributed by atoms with Crippen LogP contribution in [0.3, 0.4) is 0 Å². The Kier molecular flexibility index (Phi) is 4.59. The van der Waals surface area contributed by atoms with Crippen LogP contribution >= 0.6 is 15.9 Å². The van der Waals surface area contributed by atoms with Gasteiger partial charge in [0.25, 0.3) is 0 Å². The standard InChI is InChI=1S/C16H19BrN2/c1-4-19(11-14-8-6-5-7-12(14)2)16-10-9-15(17)13(3)18-16/h5-10H,4,11H2,1-3H3. The van der Waals surface area contributed by atoms with Crippen LogP contribution in [0.15, 0.2) is 40.9 Å². The van der Waals surface area contributed by atoms with Gasteiger partial charge in [0.15, 0.2) is 0 Å². The first kappa shape index (κ1) is 14.1. The summed E-state index contributed by atoms with van der Waals surface area (Å²) in [6.07, 6.45) is 0. The van der Waals surface area contributed by atoms with Crippen molar-refractivity contribution in [3.8, 4) is 0 Å². The van der Waals surface area contributed by atoms with Crippen LogP contribution in [-0.4, -0.2) is 11.5 Å². The second kappa shape index (κ2) is 6.20. The lowest BCUT2D eigenvalue weighted by molar-refractivity contribution is 0.806. The lowest BCUT2D eigenvalue weighted by Gasteiger charge is -2.23. The molecule has 0 aliphatic rings. The fraction of sp³-hybridized carbons (Fsp3) is 0.312. The molecule has 2 rings (SSSR count). The van der Waals surface area contributed by atoms with E-state index in [0.717, 1.165) is 29.1 Å². The summed E-state index contributed by atoms with van der Waals surface area (Å²) < 4.78 is 1.06. The maximum atomic E-state index is 4.65. The quantitative estimate of drug-likeness (QED) is 0.825. The van der Waals surface area contributed by atoms with Crippen molar-refractivity contribution in [3.63, 3.8) is 0 Å². The second-order valence-corrected chi connectivity index (χ2v) is 5.53. The summed E-state index contributed by atoms with van der Waals surface area (Å²) in [7, 11) is 0. The first-order chi connectivity index (χ1) is 9.11. The SMILES string of the molecule is CCN(Cc1ccccc1C)c1ccc(Br)c(C)n1. The molecular weight excluding hydrogens is 300 g/mol. The van der Waals surface area contributed by atoms with Gasteiger partial charge in [-0.1, -0.05) is 24.3 Å². The van der Waals surface area contributed by atoms with E-state index in [9.17, 15) is 0 Å². The zero-order valence-corrected chi connectivity index (χ0v) is 13.2. The minimum absolute atomic E-state index is 0.900. The van der Waals surface area contributed by atoms with Crippen molar-refractivity contribution in [2.45, 2.75) is 27.3 Å². The van der Waals surface area contributed by atoms with Crippen molar-refractivity contribution in [3.05, 3.63) is 57.7 Å². The fourth-order valence-corrected chi connectivity index (χ4v) is 2.28. The minimum atomic E-state index is 0.900. The fourth-order valence-electron chi connectivity index (χ4n) is 2.05. The molecule has 0 fully saturated rings.